The molecule has 0 saturated heterocycles. The van der Waals surface area contributed by atoms with E-state index >= 15 is 0 Å². The lowest BCUT2D eigenvalue weighted by Gasteiger charge is -2.20. The van der Waals surface area contributed by atoms with E-state index in [4.69, 9.17) is 4.74 Å². The Kier molecular flexibility index (Phi) is 5.30. The predicted octanol–water partition coefficient (Wildman–Crippen LogP) is 1.16. The monoisotopic (exact) mass is 289 g/mol. The maximum atomic E-state index is 5.48. The Morgan fingerprint density at radius 3 is 2.62 bits per heavy atom. The summed E-state index contributed by atoms with van der Waals surface area (Å²) in [5.74, 6) is 0.796. The first kappa shape index (κ1) is 15.5. The number of nitrogens with zero attached hydrogens (tertiary/aromatic N) is 4. The lowest BCUT2D eigenvalue weighted by molar-refractivity contribution is 0.361. The van der Waals surface area contributed by atoms with Crippen LogP contribution in [0.25, 0.3) is 0 Å². The summed E-state index contributed by atoms with van der Waals surface area (Å²) >= 11 is 0. The third kappa shape index (κ3) is 3.59. The minimum atomic E-state index is 0.0209. The molecule has 2 rings (SSSR count). The minimum absolute atomic E-state index is 0.0209. The molecule has 0 radical (unpaired) electrons. The van der Waals surface area contributed by atoms with E-state index in [2.05, 4.69) is 34.4 Å². The summed E-state index contributed by atoms with van der Waals surface area (Å²) in [6.45, 7) is 1.74. The number of hydrogen-bond acceptors (Lipinski definition) is 5. The molecule has 6 nitrogen and oxygen atoms in total. The Bertz CT molecular complexity index is 552. The van der Waals surface area contributed by atoms with Gasteiger partial charge in [0, 0.05) is 18.9 Å². The third-order valence-electron chi connectivity index (χ3n) is 3.43. The molecule has 2 aromatic heterocycles. The Morgan fingerprint density at radius 2 is 2.05 bits per heavy atom. The van der Waals surface area contributed by atoms with Crippen LogP contribution in [0.5, 0.6) is 5.75 Å². The van der Waals surface area contributed by atoms with E-state index in [0.717, 1.165) is 30.1 Å². The molecule has 2 heterocycles. The first-order valence-corrected chi connectivity index (χ1v) is 6.99. The average Bonchev–Trinajstić information content (AvgIpc) is 2.90. The predicted molar refractivity (Wildman–Crippen MR) is 82.5 cm³/mol. The van der Waals surface area contributed by atoms with E-state index in [1.165, 1.54) is 0 Å². The van der Waals surface area contributed by atoms with Crippen molar-refractivity contribution in [2.75, 3.05) is 34.8 Å². The molecule has 1 N–H and O–H groups in total. The van der Waals surface area contributed by atoms with E-state index in [1.54, 1.807) is 25.7 Å². The van der Waals surface area contributed by atoms with Crippen LogP contribution in [-0.4, -0.2) is 54.5 Å². The largest absolute Gasteiger partial charge is 0.493 e. The summed E-state index contributed by atoms with van der Waals surface area (Å²) < 4.78 is 7.48. The van der Waals surface area contributed by atoms with Gasteiger partial charge in [0.1, 0.15) is 5.69 Å². The molecule has 0 aliphatic heterocycles. The van der Waals surface area contributed by atoms with E-state index in [-0.39, 0.29) is 6.04 Å². The molecule has 0 amide bonds. The fourth-order valence-corrected chi connectivity index (χ4v) is 2.32. The number of rotatable bonds is 7. The Hall–Kier alpha value is -1.92. The molecule has 0 bridgehead atoms. The Morgan fingerprint density at radius 1 is 1.33 bits per heavy atom. The maximum Gasteiger partial charge on any atom is 0.161 e. The lowest BCUT2D eigenvalue weighted by Crippen LogP contribution is -2.25. The number of ether oxygens (including phenoxy) is 1. The highest BCUT2D eigenvalue weighted by Gasteiger charge is 2.22. The first-order chi connectivity index (χ1) is 10.2. The van der Waals surface area contributed by atoms with Gasteiger partial charge in [-0.15, -0.1) is 0 Å². The molecule has 0 spiro atoms. The van der Waals surface area contributed by atoms with Gasteiger partial charge < -0.3 is 15.0 Å². The molecule has 6 heteroatoms. The van der Waals surface area contributed by atoms with Gasteiger partial charge in [0.25, 0.3) is 0 Å². The molecule has 2 aromatic rings. The zero-order valence-corrected chi connectivity index (χ0v) is 13.1. The highest BCUT2D eigenvalue weighted by molar-refractivity contribution is 5.35. The molecule has 0 aromatic carbocycles. The molecule has 1 unspecified atom stereocenters. The van der Waals surface area contributed by atoms with Crippen molar-refractivity contribution >= 4 is 0 Å². The van der Waals surface area contributed by atoms with Crippen LogP contribution in [0.4, 0.5) is 0 Å². The van der Waals surface area contributed by atoms with E-state index in [9.17, 15) is 0 Å². The van der Waals surface area contributed by atoms with Crippen LogP contribution in [-0.2, 0) is 6.54 Å². The molecule has 0 aliphatic carbocycles. The number of pyridine rings is 1. The summed E-state index contributed by atoms with van der Waals surface area (Å²) in [4.78, 5) is 6.22. The van der Waals surface area contributed by atoms with E-state index < -0.39 is 0 Å². The van der Waals surface area contributed by atoms with Gasteiger partial charge in [-0.25, -0.2) is 0 Å². The Balaban J connectivity index is 2.37. The standard InChI is InChI=1S/C15H23N5O/c1-16-14(12-5-7-17-8-6-12)15-13(21-4)11-18-20(15)10-9-19(2)3/h5-8,11,14,16H,9-10H2,1-4H3. The van der Waals surface area contributed by atoms with E-state index in [0.29, 0.717) is 0 Å². The van der Waals surface area contributed by atoms with Gasteiger partial charge in [-0.05, 0) is 38.8 Å². The highest BCUT2D eigenvalue weighted by atomic mass is 16.5. The third-order valence-corrected chi connectivity index (χ3v) is 3.43. The van der Waals surface area contributed by atoms with Crippen molar-refractivity contribution in [3.05, 3.63) is 42.0 Å². The summed E-state index contributed by atoms with van der Waals surface area (Å²) in [7, 11) is 7.72. The molecule has 0 aliphatic rings. The molecule has 1 atom stereocenters. The van der Waals surface area contributed by atoms with Crippen molar-refractivity contribution in [1.82, 2.24) is 25.0 Å². The zero-order chi connectivity index (χ0) is 15.2. The van der Waals surface area contributed by atoms with Gasteiger partial charge in [-0.2, -0.15) is 5.10 Å². The molecule has 0 saturated carbocycles. The van der Waals surface area contributed by atoms with Gasteiger partial charge >= 0.3 is 0 Å². The molecule has 114 valence electrons. The molecular weight excluding hydrogens is 266 g/mol. The van der Waals surface area contributed by atoms with Crippen LogP contribution in [0.1, 0.15) is 17.3 Å². The topological polar surface area (TPSA) is 55.2 Å². The van der Waals surface area contributed by atoms with Crippen LogP contribution in [0.15, 0.2) is 30.7 Å². The lowest BCUT2D eigenvalue weighted by atomic mass is 10.0. The Labute approximate surface area is 125 Å². The number of hydrogen-bond donors (Lipinski definition) is 1. The van der Waals surface area contributed by atoms with Crippen molar-refractivity contribution in [3.8, 4) is 5.75 Å². The number of nitrogens with one attached hydrogen (secondary N) is 1. The first-order valence-electron chi connectivity index (χ1n) is 6.99. The van der Waals surface area contributed by atoms with Crippen LogP contribution in [0.2, 0.25) is 0 Å². The quantitative estimate of drug-likeness (QED) is 0.829. The molecule has 0 fully saturated rings. The van der Waals surface area contributed by atoms with Gasteiger partial charge in [0.05, 0.1) is 25.9 Å². The van der Waals surface area contributed by atoms with Crippen LogP contribution < -0.4 is 10.1 Å². The second kappa shape index (κ2) is 7.19. The fraction of sp³-hybridized carbons (Fsp3) is 0.467. The van der Waals surface area contributed by atoms with Gasteiger partial charge in [0.15, 0.2) is 5.75 Å². The second-order valence-corrected chi connectivity index (χ2v) is 5.13. The van der Waals surface area contributed by atoms with Crippen molar-refractivity contribution in [3.63, 3.8) is 0 Å². The van der Waals surface area contributed by atoms with Crippen LogP contribution in [0.3, 0.4) is 0 Å². The van der Waals surface area contributed by atoms with Crippen LogP contribution in [0, 0.1) is 0 Å². The van der Waals surface area contributed by atoms with Gasteiger partial charge in [-0.1, -0.05) is 0 Å². The van der Waals surface area contributed by atoms with Crippen molar-refractivity contribution in [1.29, 1.82) is 0 Å². The normalized spacial score (nSPS) is 12.6. The fourth-order valence-electron chi connectivity index (χ4n) is 2.32. The smallest absolute Gasteiger partial charge is 0.161 e. The second-order valence-electron chi connectivity index (χ2n) is 5.13. The van der Waals surface area contributed by atoms with Gasteiger partial charge in [0.2, 0.25) is 0 Å². The summed E-state index contributed by atoms with van der Waals surface area (Å²) in [6, 6.07) is 4.03. The van der Waals surface area contributed by atoms with Crippen molar-refractivity contribution in [2.24, 2.45) is 0 Å². The molecule has 21 heavy (non-hydrogen) atoms. The van der Waals surface area contributed by atoms with Crippen molar-refractivity contribution in [2.45, 2.75) is 12.6 Å². The maximum absolute atomic E-state index is 5.48. The summed E-state index contributed by atoms with van der Waals surface area (Å²) in [6.07, 6.45) is 5.37. The number of methoxy groups -OCH3 is 1. The van der Waals surface area contributed by atoms with Gasteiger partial charge in [-0.3, -0.25) is 9.67 Å². The van der Waals surface area contributed by atoms with Crippen LogP contribution >= 0.6 is 0 Å². The van der Waals surface area contributed by atoms with E-state index in [1.807, 2.05) is 23.9 Å². The SMILES string of the molecule is CNC(c1ccncc1)c1c(OC)cnn1CCN(C)C. The average molecular weight is 289 g/mol. The number of aromatic nitrogens is 3. The van der Waals surface area contributed by atoms with Crippen molar-refractivity contribution < 1.29 is 4.74 Å². The molecular formula is C15H23N5O. The summed E-state index contributed by atoms with van der Waals surface area (Å²) in [5.41, 5.74) is 2.17. The minimum Gasteiger partial charge on any atom is -0.493 e. The zero-order valence-electron chi connectivity index (χ0n) is 13.1. The highest BCUT2D eigenvalue weighted by Crippen LogP contribution is 2.29. The number of likely N-dealkylation sites (N-methyl/N-ethyl adjacent to an activating group) is 1. The summed E-state index contributed by atoms with van der Waals surface area (Å²) in [5, 5.41) is 7.80.